The van der Waals surface area contributed by atoms with Gasteiger partial charge in [-0.05, 0) is 30.3 Å². The molecule has 0 unspecified atom stereocenters. The average molecular weight is 321 g/mol. The number of nitrogens with zero attached hydrogens (tertiary/aromatic N) is 3. The fourth-order valence-corrected chi connectivity index (χ4v) is 2.54. The number of hydrogen-bond donors (Lipinski definition) is 2. The van der Waals surface area contributed by atoms with E-state index in [0.717, 1.165) is 5.52 Å². The lowest BCUT2D eigenvalue weighted by molar-refractivity contribution is 0.0962. The van der Waals surface area contributed by atoms with Gasteiger partial charge in [-0.25, -0.2) is 4.39 Å². The summed E-state index contributed by atoms with van der Waals surface area (Å²) in [5, 5.41) is 0. The third-order valence-corrected chi connectivity index (χ3v) is 3.70. The summed E-state index contributed by atoms with van der Waals surface area (Å²) in [4.78, 5) is 20.3. The van der Waals surface area contributed by atoms with E-state index in [0.29, 0.717) is 22.3 Å². The summed E-state index contributed by atoms with van der Waals surface area (Å²) in [5.41, 5.74) is 8.27. The second-order valence-corrected chi connectivity index (χ2v) is 5.17. The maximum absolute atomic E-state index is 13.7. The summed E-state index contributed by atoms with van der Waals surface area (Å²) >= 11 is 0. The molecular formula is C17H12FN5O. The molecule has 118 valence electrons. The number of carbonyl (C=O) groups is 1. The summed E-state index contributed by atoms with van der Waals surface area (Å²) in [7, 11) is 0. The number of pyridine rings is 1. The van der Waals surface area contributed by atoms with E-state index in [1.165, 1.54) is 18.5 Å². The fourth-order valence-electron chi connectivity index (χ4n) is 2.54. The summed E-state index contributed by atoms with van der Waals surface area (Å²) in [5.74, 6) is -0.638. The second-order valence-electron chi connectivity index (χ2n) is 5.17. The number of aromatic nitrogens is 3. The number of hydrazine groups is 1. The first-order valence-corrected chi connectivity index (χ1v) is 7.25. The molecule has 3 aromatic heterocycles. The SMILES string of the molecule is O=C(NNc1cccc2c1ncc1c(F)ccn12)c1cccnc1. The lowest BCUT2D eigenvalue weighted by Crippen LogP contribution is -2.29. The van der Waals surface area contributed by atoms with Gasteiger partial charge in [-0.15, -0.1) is 0 Å². The molecule has 24 heavy (non-hydrogen) atoms. The van der Waals surface area contributed by atoms with Gasteiger partial charge in [0.25, 0.3) is 5.91 Å². The number of amides is 1. The van der Waals surface area contributed by atoms with Crippen molar-refractivity contribution in [2.45, 2.75) is 0 Å². The van der Waals surface area contributed by atoms with Crippen LogP contribution in [0, 0.1) is 5.82 Å². The number of carbonyl (C=O) groups excluding carboxylic acids is 1. The molecule has 0 saturated carbocycles. The van der Waals surface area contributed by atoms with Gasteiger partial charge < -0.3 is 4.40 Å². The van der Waals surface area contributed by atoms with Crippen LogP contribution in [-0.4, -0.2) is 20.3 Å². The molecule has 0 saturated heterocycles. The van der Waals surface area contributed by atoms with Crippen LogP contribution in [0.4, 0.5) is 10.1 Å². The normalized spacial score (nSPS) is 10.9. The average Bonchev–Trinajstić information content (AvgIpc) is 3.02. The third kappa shape index (κ3) is 2.32. The maximum Gasteiger partial charge on any atom is 0.271 e. The molecule has 2 N–H and O–H groups in total. The third-order valence-electron chi connectivity index (χ3n) is 3.70. The number of halogens is 1. The van der Waals surface area contributed by atoms with Crippen LogP contribution in [0.3, 0.4) is 0 Å². The highest BCUT2D eigenvalue weighted by Gasteiger charge is 2.10. The molecule has 0 fully saturated rings. The van der Waals surface area contributed by atoms with Gasteiger partial charge in [0.05, 0.1) is 23.0 Å². The smallest absolute Gasteiger partial charge is 0.271 e. The van der Waals surface area contributed by atoms with Gasteiger partial charge in [-0.2, -0.15) is 0 Å². The molecule has 0 radical (unpaired) electrons. The Bertz CT molecular complexity index is 1040. The van der Waals surface area contributed by atoms with Gasteiger partial charge in [0.1, 0.15) is 16.9 Å². The van der Waals surface area contributed by atoms with Crippen molar-refractivity contribution in [1.82, 2.24) is 19.8 Å². The number of para-hydroxylation sites is 1. The Morgan fingerprint density at radius 1 is 1.08 bits per heavy atom. The van der Waals surface area contributed by atoms with Crippen LogP contribution < -0.4 is 10.9 Å². The van der Waals surface area contributed by atoms with Crippen LogP contribution in [0.1, 0.15) is 10.4 Å². The molecule has 4 rings (SSSR count). The van der Waals surface area contributed by atoms with E-state index in [2.05, 4.69) is 20.8 Å². The van der Waals surface area contributed by atoms with Crippen molar-refractivity contribution in [1.29, 1.82) is 0 Å². The highest BCUT2D eigenvalue weighted by atomic mass is 19.1. The highest BCUT2D eigenvalue weighted by Crippen LogP contribution is 2.23. The van der Waals surface area contributed by atoms with Crippen molar-refractivity contribution in [3.8, 4) is 0 Å². The first-order valence-electron chi connectivity index (χ1n) is 7.25. The molecule has 0 aliphatic rings. The van der Waals surface area contributed by atoms with Crippen molar-refractivity contribution in [3.63, 3.8) is 0 Å². The van der Waals surface area contributed by atoms with Gasteiger partial charge >= 0.3 is 0 Å². The Morgan fingerprint density at radius 3 is 2.83 bits per heavy atom. The summed E-state index contributed by atoms with van der Waals surface area (Å²) in [6.07, 6.45) is 6.18. The number of anilines is 1. The van der Waals surface area contributed by atoms with E-state index >= 15 is 0 Å². The van der Waals surface area contributed by atoms with Crippen molar-refractivity contribution < 1.29 is 9.18 Å². The lowest BCUT2D eigenvalue weighted by Gasteiger charge is -2.11. The van der Waals surface area contributed by atoms with Gasteiger partial charge in [-0.3, -0.25) is 25.6 Å². The van der Waals surface area contributed by atoms with Gasteiger partial charge in [0.2, 0.25) is 0 Å². The molecule has 0 aliphatic heterocycles. The number of fused-ring (bicyclic) bond motifs is 3. The second kappa shape index (κ2) is 5.62. The van der Waals surface area contributed by atoms with Crippen molar-refractivity contribution in [2.75, 3.05) is 5.43 Å². The first kappa shape index (κ1) is 14.1. The minimum atomic E-state index is -0.326. The Kier molecular flexibility index (Phi) is 3.31. The number of hydrogen-bond acceptors (Lipinski definition) is 4. The predicted octanol–water partition coefficient (Wildman–Crippen LogP) is 2.78. The molecule has 1 aromatic carbocycles. The zero-order valence-electron chi connectivity index (χ0n) is 12.4. The quantitative estimate of drug-likeness (QED) is 0.569. The molecule has 0 bridgehead atoms. The predicted molar refractivity (Wildman–Crippen MR) is 88.0 cm³/mol. The van der Waals surface area contributed by atoms with Crippen LogP contribution in [-0.2, 0) is 0 Å². The van der Waals surface area contributed by atoms with E-state index in [4.69, 9.17) is 0 Å². The van der Waals surface area contributed by atoms with Crippen LogP contribution in [0.5, 0.6) is 0 Å². The first-order chi connectivity index (χ1) is 11.7. The molecule has 3 heterocycles. The Hall–Kier alpha value is -3.48. The zero-order valence-corrected chi connectivity index (χ0v) is 12.4. The molecule has 7 heteroatoms. The molecule has 4 aromatic rings. The van der Waals surface area contributed by atoms with Crippen molar-refractivity contribution in [2.24, 2.45) is 0 Å². The minimum Gasteiger partial charge on any atom is -0.311 e. The molecule has 0 aliphatic carbocycles. The molecule has 1 amide bonds. The maximum atomic E-state index is 13.7. The van der Waals surface area contributed by atoms with E-state index in [-0.39, 0.29) is 11.7 Å². The van der Waals surface area contributed by atoms with Crippen LogP contribution >= 0.6 is 0 Å². The van der Waals surface area contributed by atoms with Gasteiger partial charge in [-0.1, -0.05) is 6.07 Å². The highest BCUT2D eigenvalue weighted by molar-refractivity contribution is 5.96. The topological polar surface area (TPSA) is 71.3 Å². The van der Waals surface area contributed by atoms with E-state index in [1.54, 1.807) is 41.1 Å². The fraction of sp³-hybridized carbons (Fsp3) is 0. The van der Waals surface area contributed by atoms with Gasteiger partial charge in [0.15, 0.2) is 0 Å². The zero-order chi connectivity index (χ0) is 16.5. The van der Waals surface area contributed by atoms with Gasteiger partial charge in [0, 0.05) is 18.6 Å². The number of nitrogens with one attached hydrogen (secondary N) is 2. The standard InChI is InChI=1S/C17H12FN5O/c18-12-6-8-23-14-5-1-4-13(16(14)20-10-15(12)23)21-22-17(24)11-3-2-7-19-9-11/h1-10,21H,(H,22,24). The van der Waals surface area contributed by atoms with Crippen molar-refractivity contribution in [3.05, 3.63) is 72.6 Å². The van der Waals surface area contributed by atoms with Crippen molar-refractivity contribution >= 4 is 28.1 Å². The Balaban J connectivity index is 1.67. The summed E-state index contributed by atoms with van der Waals surface area (Å²) in [6, 6.07) is 10.2. The summed E-state index contributed by atoms with van der Waals surface area (Å²) in [6.45, 7) is 0. The van der Waals surface area contributed by atoms with E-state index < -0.39 is 0 Å². The lowest BCUT2D eigenvalue weighted by atomic mass is 10.2. The van der Waals surface area contributed by atoms with Crippen LogP contribution in [0.15, 0.2) is 61.2 Å². The molecule has 0 spiro atoms. The molecule has 6 nitrogen and oxygen atoms in total. The van der Waals surface area contributed by atoms with E-state index in [1.807, 2.05) is 6.07 Å². The van der Waals surface area contributed by atoms with Crippen LogP contribution in [0.25, 0.3) is 16.6 Å². The number of benzene rings is 1. The monoisotopic (exact) mass is 321 g/mol. The van der Waals surface area contributed by atoms with Crippen LogP contribution in [0.2, 0.25) is 0 Å². The Morgan fingerprint density at radius 2 is 2.00 bits per heavy atom. The number of rotatable bonds is 3. The van der Waals surface area contributed by atoms with E-state index in [9.17, 15) is 9.18 Å². The summed E-state index contributed by atoms with van der Waals surface area (Å²) < 4.78 is 15.4. The largest absolute Gasteiger partial charge is 0.311 e. The molecular weight excluding hydrogens is 309 g/mol. The molecule has 0 atom stereocenters. The minimum absolute atomic E-state index is 0.312. The Labute approximate surface area is 135 Å².